The monoisotopic (exact) mass is 291 g/mol. The number of carboxylic acids is 1. The molecule has 0 unspecified atom stereocenters. The minimum absolute atomic E-state index is 0.245. The molecule has 1 N–H and O–H groups in total. The van der Waals surface area contributed by atoms with Crippen LogP contribution >= 0.6 is 11.3 Å². The van der Waals surface area contributed by atoms with E-state index in [1.165, 1.54) is 11.3 Å². The van der Waals surface area contributed by atoms with Crippen LogP contribution in [-0.2, 0) is 4.79 Å². The zero-order chi connectivity index (χ0) is 14.7. The maximum absolute atomic E-state index is 10.8. The summed E-state index contributed by atoms with van der Waals surface area (Å²) in [5.41, 5.74) is 0.777. The lowest BCUT2D eigenvalue weighted by Crippen LogP contribution is -2.31. The Morgan fingerprint density at radius 3 is 3.00 bits per heavy atom. The number of anilines is 1. The van der Waals surface area contributed by atoms with Gasteiger partial charge in [0.2, 0.25) is 0 Å². The number of carboxylic acid groups (broad SMARTS) is 1. The van der Waals surface area contributed by atoms with Crippen LogP contribution in [0, 0.1) is 0 Å². The number of imidazole rings is 1. The number of rotatable bonds is 6. The third-order valence-electron chi connectivity index (χ3n) is 2.88. The van der Waals surface area contributed by atoms with Gasteiger partial charge in [-0.25, -0.2) is 9.78 Å². The molecule has 0 atom stereocenters. The van der Waals surface area contributed by atoms with E-state index < -0.39 is 5.97 Å². The van der Waals surface area contributed by atoms with Crippen LogP contribution in [0.3, 0.4) is 0 Å². The largest absolute Gasteiger partial charge is 0.478 e. The SMILES string of the molecule is C=CCN(c1nc2sccn2c1/C=C/C(=O)O)C(C)C. The maximum Gasteiger partial charge on any atom is 0.328 e. The third kappa shape index (κ3) is 2.75. The highest BCUT2D eigenvalue weighted by Gasteiger charge is 2.19. The topological polar surface area (TPSA) is 57.8 Å². The highest BCUT2D eigenvalue weighted by molar-refractivity contribution is 7.15. The summed E-state index contributed by atoms with van der Waals surface area (Å²) in [6, 6.07) is 0.245. The van der Waals surface area contributed by atoms with Crippen molar-refractivity contribution in [1.29, 1.82) is 0 Å². The molecule has 0 aliphatic heterocycles. The molecule has 0 bridgehead atoms. The van der Waals surface area contributed by atoms with Gasteiger partial charge in [-0.2, -0.15) is 0 Å². The Kier molecular flexibility index (Phi) is 4.24. The highest BCUT2D eigenvalue weighted by Crippen LogP contribution is 2.27. The molecule has 2 heterocycles. The van der Waals surface area contributed by atoms with Gasteiger partial charge in [0.1, 0.15) is 0 Å². The molecule has 2 rings (SSSR count). The molecular weight excluding hydrogens is 274 g/mol. The van der Waals surface area contributed by atoms with Crippen molar-refractivity contribution in [2.24, 2.45) is 0 Å². The number of hydrogen-bond acceptors (Lipinski definition) is 4. The van der Waals surface area contributed by atoms with Crippen LogP contribution in [0.1, 0.15) is 19.5 Å². The van der Waals surface area contributed by atoms with Crippen molar-refractivity contribution in [3.8, 4) is 0 Å². The first-order valence-corrected chi connectivity index (χ1v) is 7.16. The van der Waals surface area contributed by atoms with Crippen molar-refractivity contribution in [2.45, 2.75) is 19.9 Å². The van der Waals surface area contributed by atoms with E-state index in [0.29, 0.717) is 6.54 Å². The Balaban J connectivity index is 2.55. The van der Waals surface area contributed by atoms with Crippen LogP contribution in [0.15, 0.2) is 30.3 Å². The molecule has 0 amide bonds. The third-order valence-corrected chi connectivity index (χ3v) is 3.64. The van der Waals surface area contributed by atoms with E-state index in [4.69, 9.17) is 5.11 Å². The fourth-order valence-electron chi connectivity index (χ4n) is 1.99. The molecule has 0 aliphatic rings. The first-order valence-electron chi connectivity index (χ1n) is 6.28. The normalized spacial score (nSPS) is 11.6. The van der Waals surface area contributed by atoms with E-state index in [-0.39, 0.29) is 6.04 Å². The Hall–Kier alpha value is -2.08. The van der Waals surface area contributed by atoms with Crippen LogP contribution in [-0.4, -0.2) is 33.0 Å². The number of carbonyl (C=O) groups is 1. The Morgan fingerprint density at radius 1 is 1.65 bits per heavy atom. The fraction of sp³-hybridized carbons (Fsp3) is 0.286. The number of aliphatic carboxylic acids is 1. The van der Waals surface area contributed by atoms with E-state index in [1.807, 2.05) is 22.1 Å². The van der Waals surface area contributed by atoms with Crippen LogP contribution in [0.5, 0.6) is 0 Å². The summed E-state index contributed by atoms with van der Waals surface area (Å²) in [6.07, 6.45) is 6.43. The lowest BCUT2D eigenvalue weighted by Gasteiger charge is -2.26. The molecule has 106 valence electrons. The molecule has 0 saturated carbocycles. The molecule has 0 saturated heterocycles. The van der Waals surface area contributed by atoms with Gasteiger partial charge < -0.3 is 10.0 Å². The number of fused-ring (bicyclic) bond motifs is 1. The summed E-state index contributed by atoms with van der Waals surface area (Å²) in [5, 5.41) is 10.8. The van der Waals surface area contributed by atoms with Crippen molar-refractivity contribution in [1.82, 2.24) is 9.38 Å². The van der Waals surface area contributed by atoms with E-state index in [1.54, 1.807) is 6.08 Å². The quantitative estimate of drug-likeness (QED) is 0.657. The van der Waals surface area contributed by atoms with E-state index in [2.05, 4.69) is 30.3 Å². The van der Waals surface area contributed by atoms with Crippen molar-refractivity contribution in [3.63, 3.8) is 0 Å². The summed E-state index contributed by atoms with van der Waals surface area (Å²) in [6.45, 7) is 8.57. The molecule has 0 aliphatic carbocycles. The van der Waals surface area contributed by atoms with Gasteiger partial charge in [0.05, 0.1) is 5.69 Å². The summed E-state index contributed by atoms with van der Waals surface area (Å²) < 4.78 is 1.90. The van der Waals surface area contributed by atoms with Crippen molar-refractivity contribution in [3.05, 3.63) is 36.0 Å². The van der Waals surface area contributed by atoms with Gasteiger partial charge in [-0.1, -0.05) is 6.08 Å². The summed E-state index contributed by atoms with van der Waals surface area (Å²) in [4.78, 5) is 18.3. The minimum Gasteiger partial charge on any atom is -0.478 e. The molecule has 5 nitrogen and oxygen atoms in total. The molecule has 0 radical (unpaired) electrons. The van der Waals surface area contributed by atoms with E-state index in [9.17, 15) is 4.79 Å². The van der Waals surface area contributed by atoms with Gasteiger partial charge in [0, 0.05) is 30.2 Å². The first kappa shape index (κ1) is 14.3. The summed E-state index contributed by atoms with van der Waals surface area (Å²) in [5.74, 6) is -0.190. The van der Waals surface area contributed by atoms with Gasteiger partial charge in [-0.15, -0.1) is 17.9 Å². The maximum atomic E-state index is 10.8. The lowest BCUT2D eigenvalue weighted by molar-refractivity contribution is -0.131. The number of aromatic nitrogens is 2. The van der Waals surface area contributed by atoms with Crippen molar-refractivity contribution in [2.75, 3.05) is 11.4 Å². The van der Waals surface area contributed by atoms with Crippen LogP contribution in [0.2, 0.25) is 0 Å². The van der Waals surface area contributed by atoms with Crippen LogP contribution in [0.4, 0.5) is 5.82 Å². The standard InChI is InChI=1S/C14H17N3O2S/c1-4-7-16(10(2)3)13-11(5-6-12(18)19)17-8-9-20-14(17)15-13/h4-6,8-10H,1,7H2,2-3H3,(H,18,19)/b6-5+. The Labute approximate surface area is 121 Å². The second-order valence-electron chi connectivity index (χ2n) is 4.58. The number of nitrogens with zero attached hydrogens (tertiary/aromatic N) is 3. The van der Waals surface area contributed by atoms with E-state index >= 15 is 0 Å². The van der Waals surface area contributed by atoms with Gasteiger partial charge in [-0.3, -0.25) is 4.40 Å². The molecule has 6 heteroatoms. The zero-order valence-electron chi connectivity index (χ0n) is 11.5. The second kappa shape index (κ2) is 5.92. The average Bonchev–Trinajstić information content (AvgIpc) is 2.93. The number of thiazole rings is 1. The highest BCUT2D eigenvalue weighted by atomic mass is 32.1. The van der Waals surface area contributed by atoms with Gasteiger partial charge in [0.25, 0.3) is 0 Å². The van der Waals surface area contributed by atoms with Crippen LogP contribution in [0.25, 0.3) is 11.0 Å². The van der Waals surface area contributed by atoms with Gasteiger partial charge >= 0.3 is 5.97 Å². The minimum atomic E-state index is -0.971. The summed E-state index contributed by atoms with van der Waals surface area (Å²) in [7, 11) is 0. The van der Waals surface area contributed by atoms with Crippen molar-refractivity contribution >= 4 is 34.2 Å². The van der Waals surface area contributed by atoms with Gasteiger partial charge in [-0.05, 0) is 19.9 Å². The predicted octanol–water partition coefficient (Wildman–Crippen LogP) is 2.89. The average molecular weight is 291 g/mol. The molecule has 0 aromatic carbocycles. The zero-order valence-corrected chi connectivity index (χ0v) is 12.3. The smallest absolute Gasteiger partial charge is 0.328 e. The molecule has 0 spiro atoms. The molecule has 0 fully saturated rings. The predicted molar refractivity (Wildman–Crippen MR) is 82.4 cm³/mol. The second-order valence-corrected chi connectivity index (χ2v) is 5.46. The summed E-state index contributed by atoms with van der Waals surface area (Å²) >= 11 is 1.52. The molecule has 2 aromatic heterocycles. The van der Waals surface area contributed by atoms with Gasteiger partial charge in [0.15, 0.2) is 10.8 Å². The fourth-order valence-corrected chi connectivity index (χ4v) is 2.71. The Morgan fingerprint density at radius 2 is 2.40 bits per heavy atom. The molecular formula is C14H17N3O2S. The number of hydrogen-bond donors (Lipinski definition) is 1. The van der Waals surface area contributed by atoms with Crippen LogP contribution < -0.4 is 4.90 Å². The van der Waals surface area contributed by atoms with Crippen molar-refractivity contribution < 1.29 is 9.90 Å². The lowest BCUT2D eigenvalue weighted by atomic mass is 10.2. The van der Waals surface area contributed by atoms with E-state index in [0.717, 1.165) is 22.5 Å². The molecule has 20 heavy (non-hydrogen) atoms. The molecule has 2 aromatic rings. The first-order chi connectivity index (χ1) is 9.54. The Bertz CT molecular complexity index is 654.